The first-order valence-electron chi connectivity index (χ1n) is 7.53. The van der Waals surface area contributed by atoms with Crippen molar-refractivity contribution in [1.82, 2.24) is 0 Å². The summed E-state index contributed by atoms with van der Waals surface area (Å²) in [6, 6.07) is 0. The second-order valence-electron chi connectivity index (χ2n) is 4.84. The van der Waals surface area contributed by atoms with Crippen molar-refractivity contribution >= 4 is 5.97 Å². The number of carbonyl (C=O) groups excluding carboxylic acids is 1. The maximum Gasteiger partial charge on any atom is 0.333 e. The van der Waals surface area contributed by atoms with Crippen molar-refractivity contribution in [2.45, 2.75) is 79.1 Å². The van der Waals surface area contributed by atoms with Gasteiger partial charge in [-0.2, -0.15) is 0 Å². The van der Waals surface area contributed by atoms with Crippen molar-refractivity contribution in [3.63, 3.8) is 0 Å². The number of carbonyl (C=O) groups is 1. The smallest absolute Gasteiger partial charge is 0.333 e. The van der Waals surface area contributed by atoms with Crippen LogP contribution in [0.5, 0.6) is 0 Å². The minimum Gasteiger partial charge on any atom is -0.462 e. The van der Waals surface area contributed by atoms with Gasteiger partial charge in [-0.25, -0.2) is 4.79 Å². The van der Waals surface area contributed by atoms with E-state index in [4.69, 9.17) is 4.74 Å². The molecule has 106 valence electrons. The minimum atomic E-state index is -0.123. The van der Waals surface area contributed by atoms with E-state index in [1.165, 1.54) is 37.7 Å². The predicted octanol–water partition coefficient (Wildman–Crippen LogP) is 5.03. The van der Waals surface area contributed by atoms with E-state index in [9.17, 15) is 4.79 Å². The maximum atomic E-state index is 11.8. The second kappa shape index (κ2) is 11.3. The lowest BCUT2D eigenvalue weighted by Gasteiger charge is -2.09. The van der Waals surface area contributed by atoms with E-state index in [1.807, 2.05) is 6.92 Å². The Morgan fingerprint density at radius 3 is 2.00 bits per heavy atom. The van der Waals surface area contributed by atoms with E-state index in [2.05, 4.69) is 20.8 Å². The number of hydrogen-bond donors (Lipinski definition) is 0. The fourth-order valence-corrected chi connectivity index (χ4v) is 2.08. The van der Waals surface area contributed by atoms with Crippen LogP contribution in [-0.2, 0) is 9.53 Å². The van der Waals surface area contributed by atoms with E-state index in [-0.39, 0.29) is 5.97 Å². The van der Waals surface area contributed by atoms with Crippen LogP contribution in [0, 0.1) is 0 Å². The molecule has 0 spiro atoms. The normalized spacial score (nSPS) is 10.2. The Kier molecular flexibility index (Phi) is 10.8. The predicted molar refractivity (Wildman–Crippen MR) is 77.6 cm³/mol. The van der Waals surface area contributed by atoms with Crippen LogP contribution in [0.2, 0.25) is 0 Å². The first kappa shape index (κ1) is 17.2. The van der Waals surface area contributed by atoms with Gasteiger partial charge in [0.1, 0.15) is 0 Å². The van der Waals surface area contributed by atoms with Gasteiger partial charge in [-0.1, -0.05) is 58.4 Å². The van der Waals surface area contributed by atoms with Crippen molar-refractivity contribution in [2.75, 3.05) is 6.61 Å². The van der Waals surface area contributed by atoms with Gasteiger partial charge >= 0.3 is 5.97 Å². The molecule has 2 nitrogen and oxygen atoms in total. The summed E-state index contributed by atoms with van der Waals surface area (Å²) in [5, 5.41) is 0. The van der Waals surface area contributed by atoms with Crippen LogP contribution in [0.15, 0.2) is 11.1 Å². The van der Waals surface area contributed by atoms with Gasteiger partial charge in [0, 0.05) is 5.57 Å². The lowest BCUT2D eigenvalue weighted by molar-refractivity contribution is -0.139. The standard InChI is InChI=1S/C16H30O2/c1-5-8-9-10-11-12-13-18-16(17)14(4)15(6-2)7-3/h5-13H2,1-4H3. The van der Waals surface area contributed by atoms with E-state index in [0.29, 0.717) is 6.61 Å². The summed E-state index contributed by atoms with van der Waals surface area (Å²) in [6.07, 6.45) is 9.20. The fraction of sp³-hybridized carbons (Fsp3) is 0.812. The van der Waals surface area contributed by atoms with Crippen LogP contribution < -0.4 is 0 Å². The molecule has 0 aliphatic carbocycles. The molecule has 18 heavy (non-hydrogen) atoms. The van der Waals surface area contributed by atoms with Crippen LogP contribution in [0.25, 0.3) is 0 Å². The van der Waals surface area contributed by atoms with Crippen molar-refractivity contribution in [1.29, 1.82) is 0 Å². The Bertz CT molecular complexity index is 248. The van der Waals surface area contributed by atoms with E-state index >= 15 is 0 Å². The highest BCUT2D eigenvalue weighted by Crippen LogP contribution is 2.14. The molecule has 0 atom stereocenters. The van der Waals surface area contributed by atoms with Gasteiger partial charge in [0.05, 0.1) is 6.61 Å². The molecule has 0 saturated carbocycles. The van der Waals surface area contributed by atoms with Gasteiger partial charge in [-0.15, -0.1) is 0 Å². The monoisotopic (exact) mass is 254 g/mol. The molecular weight excluding hydrogens is 224 g/mol. The fourth-order valence-electron chi connectivity index (χ4n) is 2.08. The maximum absolute atomic E-state index is 11.8. The highest BCUT2D eigenvalue weighted by molar-refractivity contribution is 5.88. The highest BCUT2D eigenvalue weighted by Gasteiger charge is 2.09. The van der Waals surface area contributed by atoms with Gasteiger partial charge in [-0.3, -0.25) is 0 Å². The number of ether oxygens (including phenoxy) is 1. The van der Waals surface area contributed by atoms with Crippen LogP contribution >= 0.6 is 0 Å². The molecule has 0 aromatic rings. The molecule has 0 aliphatic rings. The molecule has 0 N–H and O–H groups in total. The van der Waals surface area contributed by atoms with Crippen molar-refractivity contribution in [2.24, 2.45) is 0 Å². The molecule has 0 aromatic heterocycles. The SMILES string of the molecule is CCCCCCCCOC(=O)C(C)=C(CC)CC. The van der Waals surface area contributed by atoms with Gasteiger partial charge < -0.3 is 4.74 Å². The summed E-state index contributed by atoms with van der Waals surface area (Å²) >= 11 is 0. The number of esters is 1. The zero-order chi connectivity index (χ0) is 13.8. The summed E-state index contributed by atoms with van der Waals surface area (Å²) in [5.74, 6) is -0.123. The van der Waals surface area contributed by atoms with Crippen LogP contribution in [0.3, 0.4) is 0 Å². The molecule has 0 saturated heterocycles. The van der Waals surface area contributed by atoms with Crippen molar-refractivity contribution in [3.8, 4) is 0 Å². The van der Waals surface area contributed by atoms with Crippen LogP contribution in [-0.4, -0.2) is 12.6 Å². The Hall–Kier alpha value is -0.790. The molecule has 0 aliphatic heterocycles. The first-order valence-corrected chi connectivity index (χ1v) is 7.53. The molecule has 0 amide bonds. The summed E-state index contributed by atoms with van der Waals surface area (Å²) in [5.41, 5.74) is 2.02. The molecule has 0 unspecified atom stereocenters. The Labute approximate surface area is 113 Å². The Balaban J connectivity index is 3.74. The molecule has 0 aromatic carbocycles. The third-order valence-corrected chi connectivity index (χ3v) is 3.42. The van der Waals surface area contributed by atoms with E-state index in [0.717, 1.165) is 24.8 Å². The lowest BCUT2D eigenvalue weighted by atomic mass is 10.1. The van der Waals surface area contributed by atoms with Gasteiger partial charge in [0.2, 0.25) is 0 Å². The van der Waals surface area contributed by atoms with Crippen LogP contribution in [0.1, 0.15) is 79.1 Å². The highest BCUT2D eigenvalue weighted by atomic mass is 16.5. The molecule has 0 fully saturated rings. The van der Waals surface area contributed by atoms with Crippen molar-refractivity contribution < 1.29 is 9.53 Å². The molecular formula is C16H30O2. The number of unbranched alkanes of at least 4 members (excludes halogenated alkanes) is 5. The average molecular weight is 254 g/mol. The minimum absolute atomic E-state index is 0.123. The Morgan fingerprint density at radius 1 is 0.889 bits per heavy atom. The summed E-state index contributed by atoms with van der Waals surface area (Å²) < 4.78 is 5.30. The number of hydrogen-bond acceptors (Lipinski definition) is 2. The van der Waals surface area contributed by atoms with Crippen molar-refractivity contribution in [3.05, 3.63) is 11.1 Å². The molecule has 0 radical (unpaired) electrons. The zero-order valence-corrected chi connectivity index (χ0v) is 12.7. The molecule has 2 heteroatoms. The lowest BCUT2D eigenvalue weighted by Crippen LogP contribution is -2.09. The summed E-state index contributed by atoms with van der Waals surface area (Å²) in [4.78, 5) is 11.8. The number of allylic oxidation sites excluding steroid dienone is 1. The second-order valence-corrected chi connectivity index (χ2v) is 4.84. The van der Waals surface area contributed by atoms with E-state index in [1.54, 1.807) is 0 Å². The van der Waals surface area contributed by atoms with Gasteiger partial charge in [-0.05, 0) is 26.2 Å². The van der Waals surface area contributed by atoms with Crippen LogP contribution in [0.4, 0.5) is 0 Å². The quantitative estimate of drug-likeness (QED) is 0.310. The van der Waals surface area contributed by atoms with Gasteiger partial charge in [0.15, 0.2) is 0 Å². The summed E-state index contributed by atoms with van der Waals surface area (Å²) in [6.45, 7) is 8.84. The topological polar surface area (TPSA) is 26.3 Å². The molecule has 0 bridgehead atoms. The number of rotatable bonds is 10. The largest absolute Gasteiger partial charge is 0.462 e. The summed E-state index contributed by atoms with van der Waals surface area (Å²) in [7, 11) is 0. The Morgan fingerprint density at radius 2 is 1.44 bits per heavy atom. The first-order chi connectivity index (χ1) is 8.67. The van der Waals surface area contributed by atoms with E-state index < -0.39 is 0 Å². The third-order valence-electron chi connectivity index (χ3n) is 3.42. The third kappa shape index (κ3) is 7.52. The van der Waals surface area contributed by atoms with Gasteiger partial charge in [0.25, 0.3) is 0 Å². The molecule has 0 rings (SSSR count). The molecule has 0 heterocycles. The zero-order valence-electron chi connectivity index (χ0n) is 12.7. The average Bonchev–Trinajstić information content (AvgIpc) is 2.38.